The van der Waals surface area contributed by atoms with Gasteiger partial charge < -0.3 is 9.64 Å². The molecule has 1 amide bonds. The first-order chi connectivity index (χ1) is 14.8. The van der Waals surface area contributed by atoms with Crippen LogP contribution in [0.4, 0.5) is 5.69 Å². The summed E-state index contributed by atoms with van der Waals surface area (Å²) in [5.74, 6) is -0.744. The van der Waals surface area contributed by atoms with Crippen LogP contribution in [0.5, 0.6) is 0 Å². The van der Waals surface area contributed by atoms with Crippen LogP contribution in [0, 0.1) is 9.49 Å². The average molecular weight is 556 g/mol. The number of nitrogens with zero attached hydrogens (tertiary/aromatic N) is 2. The maximum absolute atomic E-state index is 13.3. The predicted octanol–water partition coefficient (Wildman–Crippen LogP) is 3.29. The largest absolute Gasteiger partial charge is 0.466 e. The standard InChI is InChI=1S/C22H25IN2O5S/c1-2-30-22(27)17-12-14-24(15-13-17)21(26)16-25(19-10-8-18(23)9-11-19)31(28,29)20-6-4-3-5-7-20/h3-11,17H,2,12-16H2,1H3. The highest BCUT2D eigenvalue weighted by molar-refractivity contribution is 14.1. The molecular formula is C22H25IN2O5S. The Morgan fingerprint density at radius 2 is 1.68 bits per heavy atom. The second kappa shape index (κ2) is 10.4. The van der Waals surface area contributed by atoms with Gasteiger partial charge in [-0.25, -0.2) is 8.42 Å². The van der Waals surface area contributed by atoms with Crippen LogP contribution in [0.15, 0.2) is 59.5 Å². The minimum atomic E-state index is -3.92. The summed E-state index contributed by atoms with van der Waals surface area (Å²) in [5.41, 5.74) is 0.430. The summed E-state index contributed by atoms with van der Waals surface area (Å²) in [7, 11) is -3.92. The van der Waals surface area contributed by atoms with Crippen LogP contribution >= 0.6 is 22.6 Å². The smallest absolute Gasteiger partial charge is 0.309 e. The van der Waals surface area contributed by atoms with Crippen LogP contribution in [0.1, 0.15) is 19.8 Å². The van der Waals surface area contributed by atoms with Crippen molar-refractivity contribution in [3.8, 4) is 0 Å². The molecule has 2 aromatic rings. The van der Waals surface area contributed by atoms with E-state index in [0.29, 0.717) is 38.2 Å². The molecule has 31 heavy (non-hydrogen) atoms. The van der Waals surface area contributed by atoms with E-state index in [1.165, 1.54) is 12.1 Å². The van der Waals surface area contributed by atoms with E-state index < -0.39 is 10.0 Å². The number of hydrogen-bond acceptors (Lipinski definition) is 5. The molecular weight excluding hydrogens is 531 g/mol. The average Bonchev–Trinajstić information content (AvgIpc) is 2.79. The van der Waals surface area contributed by atoms with E-state index in [1.54, 1.807) is 54.3 Å². The highest BCUT2D eigenvalue weighted by Crippen LogP contribution is 2.25. The predicted molar refractivity (Wildman–Crippen MR) is 126 cm³/mol. The molecule has 1 heterocycles. The lowest BCUT2D eigenvalue weighted by molar-refractivity contribution is -0.151. The first-order valence-corrected chi connectivity index (χ1v) is 12.6. The van der Waals surface area contributed by atoms with Gasteiger partial charge in [-0.3, -0.25) is 13.9 Å². The van der Waals surface area contributed by atoms with Crippen molar-refractivity contribution in [2.24, 2.45) is 5.92 Å². The molecule has 0 bridgehead atoms. The number of piperidine rings is 1. The number of hydrogen-bond donors (Lipinski definition) is 0. The van der Waals surface area contributed by atoms with Gasteiger partial charge in [-0.2, -0.15) is 0 Å². The van der Waals surface area contributed by atoms with Gasteiger partial charge in [-0.1, -0.05) is 18.2 Å². The molecule has 0 radical (unpaired) electrons. The third-order valence-corrected chi connectivity index (χ3v) is 7.70. The fourth-order valence-electron chi connectivity index (χ4n) is 3.49. The molecule has 0 unspecified atom stereocenters. The van der Waals surface area contributed by atoms with Gasteiger partial charge in [0.1, 0.15) is 6.54 Å². The minimum Gasteiger partial charge on any atom is -0.466 e. The Kier molecular flexibility index (Phi) is 7.93. The molecule has 1 aliphatic rings. The summed E-state index contributed by atoms with van der Waals surface area (Å²) in [6, 6.07) is 15.1. The molecule has 0 aliphatic carbocycles. The van der Waals surface area contributed by atoms with Crippen molar-refractivity contribution in [3.05, 3.63) is 58.2 Å². The highest BCUT2D eigenvalue weighted by Gasteiger charge is 2.32. The van der Waals surface area contributed by atoms with Crippen LogP contribution in [0.25, 0.3) is 0 Å². The molecule has 0 aromatic heterocycles. The van der Waals surface area contributed by atoms with Gasteiger partial charge in [-0.15, -0.1) is 0 Å². The molecule has 2 aromatic carbocycles. The summed E-state index contributed by atoms with van der Waals surface area (Å²) in [6.45, 7) is 2.59. The fourth-order valence-corrected chi connectivity index (χ4v) is 5.28. The number of benzene rings is 2. The first kappa shape index (κ1) is 23.5. The lowest BCUT2D eigenvalue weighted by Gasteiger charge is -2.33. The van der Waals surface area contributed by atoms with Crippen molar-refractivity contribution in [3.63, 3.8) is 0 Å². The Balaban J connectivity index is 1.79. The normalized spacial score (nSPS) is 14.8. The van der Waals surface area contributed by atoms with Crippen molar-refractivity contribution < 1.29 is 22.7 Å². The van der Waals surface area contributed by atoms with E-state index in [4.69, 9.17) is 4.74 Å². The maximum Gasteiger partial charge on any atom is 0.309 e. The van der Waals surface area contributed by atoms with Gasteiger partial charge in [0.2, 0.25) is 5.91 Å². The van der Waals surface area contributed by atoms with Gasteiger partial charge in [-0.05, 0) is 78.8 Å². The third-order valence-electron chi connectivity index (χ3n) is 5.19. The number of likely N-dealkylation sites (tertiary alicyclic amines) is 1. The van der Waals surface area contributed by atoms with Crippen molar-refractivity contribution >= 4 is 50.2 Å². The molecule has 166 valence electrons. The molecule has 0 spiro atoms. The summed E-state index contributed by atoms with van der Waals surface area (Å²) < 4.78 is 33.9. The van der Waals surface area contributed by atoms with Crippen molar-refractivity contribution in [2.75, 3.05) is 30.5 Å². The molecule has 7 nitrogen and oxygen atoms in total. The SMILES string of the molecule is CCOC(=O)C1CCN(C(=O)CN(c2ccc(I)cc2)S(=O)(=O)c2ccccc2)CC1. The quantitative estimate of drug-likeness (QED) is 0.386. The van der Waals surface area contributed by atoms with E-state index in [0.717, 1.165) is 7.88 Å². The Hall–Kier alpha value is -2.14. The van der Waals surface area contributed by atoms with E-state index in [1.807, 2.05) is 0 Å². The van der Waals surface area contributed by atoms with Gasteiger partial charge in [0.15, 0.2) is 0 Å². The number of amides is 1. The summed E-state index contributed by atoms with van der Waals surface area (Å²) >= 11 is 2.15. The molecule has 0 atom stereocenters. The molecule has 0 N–H and O–H groups in total. The second-order valence-corrected chi connectivity index (χ2v) is 10.3. The first-order valence-electron chi connectivity index (χ1n) is 10.1. The van der Waals surface area contributed by atoms with Gasteiger partial charge >= 0.3 is 5.97 Å². The lowest BCUT2D eigenvalue weighted by atomic mass is 9.97. The van der Waals surface area contributed by atoms with E-state index in [2.05, 4.69) is 22.6 Å². The van der Waals surface area contributed by atoms with Crippen LogP contribution in [0.2, 0.25) is 0 Å². The van der Waals surface area contributed by atoms with Crippen LogP contribution in [0.3, 0.4) is 0 Å². The number of esters is 1. The molecule has 0 saturated carbocycles. The molecule has 9 heteroatoms. The summed E-state index contributed by atoms with van der Waals surface area (Å²) in [4.78, 5) is 26.7. The molecule has 1 fully saturated rings. The zero-order valence-corrected chi connectivity index (χ0v) is 20.2. The Morgan fingerprint density at radius 1 is 1.06 bits per heavy atom. The number of sulfonamides is 1. The van der Waals surface area contributed by atoms with Gasteiger partial charge in [0.25, 0.3) is 10.0 Å². The van der Waals surface area contributed by atoms with Crippen LogP contribution < -0.4 is 4.31 Å². The Labute approximate surface area is 196 Å². The summed E-state index contributed by atoms with van der Waals surface area (Å²) in [6.07, 6.45) is 1.03. The number of carbonyl (C=O) groups excluding carboxylic acids is 2. The minimum absolute atomic E-state index is 0.127. The number of carbonyl (C=O) groups is 2. The number of anilines is 1. The van der Waals surface area contributed by atoms with Crippen molar-refractivity contribution in [1.29, 1.82) is 0 Å². The molecule has 1 aliphatic heterocycles. The lowest BCUT2D eigenvalue weighted by Crippen LogP contribution is -2.46. The number of halogens is 1. The van der Waals surface area contributed by atoms with Crippen molar-refractivity contribution in [2.45, 2.75) is 24.7 Å². The Bertz CT molecular complexity index is 1000. The monoisotopic (exact) mass is 556 g/mol. The van der Waals surface area contributed by atoms with Crippen LogP contribution in [-0.4, -0.2) is 51.4 Å². The third kappa shape index (κ3) is 5.76. The molecule has 3 rings (SSSR count). The highest BCUT2D eigenvalue weighted by atomic mass is 127. The topological polar surface area (TPSA) is 84.0 Å². The number of rotatable bonds is 7. The van der Waals surface area contributed by atoms with Gasteiger partial charge in [0, 0.05) is 16.7 Å². The zero-order valence-electron chi connectivity index (χ0n) is 17.2. The second-order valence-electron chi connectivity index (χ2n) is 7.21. The zero-order chi connectivity index (χ0) is 22.4. The van der Waals surface area contributed by atoms with E-state index in [9.17, 15) is 18.0 Å². The van der Waals surface area contributed by atoms with E-state index >= 15 is 0 Å². The fraction of sp³-hybridized carbons (Fsp3) is 0.364. The van der Waals surface area contributed by atoms with Gasteiger partial charge in [0.05, 0.1) is 23.1 Å². The van der Waals surface area contributed by atoms with Crippen LogP contribution in [-0.2, 0) is 24.3 Å². The van der Waals surface area contributed by atoms with Crippen molar-refractivity contribution in [1.82, 2.24) is 4.90 Å². The number of ether oxygens (including phenoxy) is 1. The Morgan fingerprint density at radius 3 is 2.26 bits per heavy atom. The van der Waals surface area contributed by atoms with E-state index in [-0.39, 0.29) is 29.2 Å². The summed E-state index contributed by atoms with van der Waals surface area (Å²) in [5, 5.41) is 0. The molecule has 1 saturated heterocycles. The maximum atomic E-state index is 13.3.